The van der Waals surface area contributed by atoms with Crippen LogP contribution >= 0.6 is 0 Å². The second kappa shape index (κ2) is 7.25. The third-order valence-corrected chi connectivity index (χ3v) is 7.79. The van der Waals surface area contributed by atoms with Crippen molar-refractivity contribution < 1.29 is 4.79 Å². The van der Waals surface area contributed by atoms with Crippen molar-refractivity contribution in [3.8, 4) is 6.07 Å². The molecule has 0 saturated heterocycles. The molecule has 0 heterocycles. The van der Waals surface area contributed by atoms with Crippen LogP contribution in [0.25, 0.3) is 0 Å². The lowest BCUT2D eigenvalue weighted by Gasteiger charge is -2.59. The van der Waals surface area contributed by atoms with Gasteiger partial charge in [0.1, 0.15) is 11.6 Å². The second-order valence-electron chi connectivity index (χ2n) is 9.65. The molecule has 26 heavy (non-hydrogen) atoms. The molecule has 2 N–H and O–H groups in total. The third kappa shape index (κ3) is 3.50. The highest BCUT2D eigenvalue weighted by molar-refractivity contribution is 5.97. The van der Waals surface area contributed by atoms with E-state index in [2.05, 4.69) is 23.6 Å². The maximum Gasteiger partial charge on any atom is 0.263 e. The highest BCUT2D eigenvalue weighted by Gasteiger charge is 2.53. The molecule has 5 rings (SSSR count). The van der Waals surface area contributed by atoms with Gasteiger partial charge in [-0.3, -0.25) is 4.79 Å². The molecule has 0 radical (unpaired) electrons. The normalized spacial score (nSPS) is 37.8. The molecule has 5 aliphatic rings. The summed E-state index contributed by atoms with van der Waals surface area (Å²) in [5, 5.41) is 16.0. The zero-order valence-electron chi connectivity index (χ0n) is 16.1. The van der Waals surface area contributed by atoms with E-state index in [9.17, 15) is 10.1 Å². The minimum atomic E-state index is -0.195. The molecule has 4 bridgehead atoms. The highest BCUT2D eigenvalue weighted by Crippen LogP contribution is 2.61. The molecular formula is C22H33N3O. The molecule has 0 aromatic heterocycles. The zero-order chi connectivity index (χ0) is 18.1. The molecule has 4 heteroatoms. The molecule has 1 atom stereocenters. The van der Waals surface area contributed by atoms with E-state index in [0.29, 0.717) is 6.04 Å². The molecule has 1 amide bonds. The van der Waals surface area contributed by atoms with Gasteiger partial charge in [0, 0.05) is 18.3 Å². The van der Waals surface area contributed by atoms with Gasteiger partial charge in [-0.15, -0.1) is 0 Å². The minimum absolute atomic E-state index is 0.162. The summed E-state index contributed by atoms with van der Waals surface area (Å²) in [6.07, 6.45) is 15.8. The Morgan fingerprint density at radius 1 is 1.08 bits per heavy atom. The molecule has 1 unspecified atom stereocenters. The molecule has 0 spiro atoms. The fraction of sp³-hybridized carbons (Fsp3) is 0.818. The number of hydrogen-bond donors (Lipinski definition) is 2. The van der Waals surface area contributed by atoms with Gasteiger partial charge < -0.3 is 10.6 Å². The van der Waals surface area contributed by atoms with Crippen LogP contribution in [0.5, 0.6) is 0 Å². The maximum absolute atomic E-state index is 12.7. The van der Waals surface area contributed by atoms with Crippen LogP contribution < -0.4 is 10.6 Å². The van der Waals surface area contributed by atoms with Crippen LogP contribution in [0.15, 0.2) is 11.8 Å². The molecule has 142 valence electrons. The topological polar surface area (TPSA) is 64.9 Å². The number of rotatable bonds is 5. The van der Waals surface area contributed by atoms with E-state index < -0.39 is 0 Å². The summed E-state index contributed by atoms with van der Waals surface area (Å²) in [6.45, 7) is 2.18. The van der Waals surface area contributed by atoms with Gasteiger partial charge in [0.05, 0.1) is 0 Å². The predicted molar refractivity (Wildman–Crippen MR) is 102 cm³/mol. The fourth-order valence-electron chi connectivity index (χ4n) is 6.75. The molecule has 5 saturated carbocycles. The largest absolute Gasteiger partial charge is 0.387 e. The Hall–Kier alpha value is -1.50. The molecule has 5 fully saturated rings. The van der Waals surface area contributed by atoms with Gasteiger partial charge >= 0.3 is 0 Å². The van der Waals surface area contributed by atoms with Crippen LogP contribution in [0.3, 0.4) is 0 Å². The Kier molecular flexibility index (Phi) is 4.99. The van der Waals surface area contributed by atoms with Crippen molar-refractivity contribution in [3.05, 3.63) is 11.8 Å². The quantitative estimate of drug-likeness (QED) is 0.578. The Morgan fingerprint density at radius 3 is 2.19 bits per heavy atom. The Labute approximate surface area is 157 Å². The van der Waals surface area contributed by atoms with Crippen molar-refractivity contribution in [1.82, 2.24) is 10.6 Å². The number of carbonyl (C=O) groups excluding carboxylic acids is 1. The summed E-state index contributed by atoms with van der Waals surface area (Å²) in [5.41, 5.74) is 0.508. The first-order valence-corrected chi connectivity index (χ1v) is 10.7. The zero-order valence-corrected chi connectivity index (χ0v) is 16.1. The van der Waals surface area contributed by atoms with Crippen LogP contribution in [0.2, 0.25) is 0 Å². The number of nitrogens with one attached hydrogen (secondary N) is 2. The lowest BCUT2D eigenvalue weighted by atomic mass is 9.48. The number of carbonyl (C=O) groups is 1. The summed E-state index contributed by atoms with van der Waals surface area (Å²) in [4.78, 5) is 12.7. The Morgan fingerprint density at radius 2 is 1.65 bits per heavy atom. The number of nitrogens with zero attached hydrogens (tertiary/aromatic N) is 1. The molecule has 5 aliphatic carbocycles. The van der Waals surface area contributed by atoms with E-state index in [0.717, 1.165) is 30.6 Å². The van der Waals surface area contributed by atoms with Crippen LogP contribution in [0.4, 0.5) is 0 Å². The number of amides is 1. The van der Waals surface area contributed by atoms with Crippen molar-refractivity contribution >= 4 is 5.91 Å². The van der Waals surface area contributed by atoms with E-state index in [1.54, 1.807) is 6.20 Å². The van der Waals surface area contributed by atoms with Crippen molar-refractivity contribution in [2.45, 2.75) is 89.6 Å². The van der Waals surface area contributed by atoms with E-state index in [-0.39, 0.29) is 22.9 Å². The van der Waals surface area contributed by atoms with Crippen LogP contribution in [-0.4, -0.2) is 18.0 Å². The van der Waals surface area contributed by atoms with E-state index in [1.807, 2.05) is 0 Å². The standard InChI is InChI=1S/C22H33N3O/c1-15(22-10-16-7-17(11-22)9-18(8-16)12-22)25-21(26)19(13-23)14-24-20-5-3-2-4-6-20/h14-18,20,24H,2-12H2,1H3,(H,25,26)/b19-14-. The first-order valence-electron chi connectivity index (χ1n) is 10.7. The van der Waals surface area contributed by atoms with Gasteiger partial charge in [0.2, 0.25) is 0 Å². The molecular weight excluding hydrogens is 322 g/mol. The van der Waals surface area contributed by atoms with Crippen LogP contribution in [0.1, 0.15) is 77.6 Å². The van der Waals surface area contributed by atoms with Gasteiger partial charge in [-0.05, 0) is 81.5 Å². The first-order chi connectivity index (χ1) is 12.6. The lowest BCUT2D eigenvalue weighted by molar-refractivity contribution is -0.122. The SMILES string of the molecule is CC(NC(=O)/C(C#N)=C\NC1CCCCC1)C12CC3CC(CC(C3)C1)C2. The first kappa shape index (κ1) is 17.9. The van der Waals surface area contributed by atoms with Crippen LogP contribution in [0, 0.1) is 34.5 Å². The number of nitriles is 1. The predicted octanol–water partition coefficient (Wildman–Crippen LogP) is 4.04. The molecule has 0 aliphatic heterocycles. The smallest absolute Gasteiger partial charge is 0.263 e. The van der Waals surface area contributed by atoms with Crippen molar-refractivity contribution in [1.29, 1.82) is 5.26 Å². The van der Waals surface area contributed by atoms with E-state index in [1.165, 1.54) is 57.8 Å². The van der Waals surface area contributed by atoms with Gasteiger partial charge in [-0.25, -0.2) is 0 Å². The Bertz CT molecular complexity index is 576. The van der Waals surface area contributed by atoms with Crippen molar-refractivity contribution in [3.63, 3.8) is 0 Å². The molecule has 4 nitrogen and oxygen atoms in total. The van der Waals surface area contributed by atoms with Gasteiger partial charge in [-0.1, -0.05) is 19.3 Å². The summed E-state index contributed by atoms with van der Waals surface area (Å²) in [5.74, 6) is 2.43. The Balaban J connectivity index is 1.37. The monoisotopic (exact) mass is 355 g/mol. The summed E-state index contributed by atoms with van der Waals surface area (Å²) in [6, 6.07) is 2.69. The van der Waals surface area contributed by atoms with Gasteiger partial charge in [-0.2, -0.15) is 5.26 Å². The van der Waals surface area contributed by atoms with Gasteiger partial charge in [0.25, 0.3) is 5.91 Å². The van der Waals surface area contributed by atoms with Crippen molar-refractivity contribution in [2.24, 2.45) is 23.2 Å². The third-order valence-electron chi connectivity index (χ3n) is 7.79. The van der Waals surface area contributed by atoms with E-state index >= 15 is 0 Å². The van der Waals surface area contributed by atoms with Gasteiger partial charge in [0.15, 0.2) is 0 Å². The minimum Gasteiger partial charge on any atom is -0.387 e. The molecule has 0 aromatic rings. The summed E-state index contributed by atoms with van der Waals surface area (Å²) in [7, 11) is 0. The van der Waals surface area contributed by atoms with Crippen LogP contribution in [-0.2, 0) is 4.79 Å². The number of hydrogen-bond acceptors (Lipinski definition) is 3. The molecule has 0 aromatic carbocycles. The summed E-state index contributed by atoms with van der Waals surface area (Å²) >= 11 is 0. The lowest BCUT2D eigenvalue weighted by Crippen LogP contribution is -2.56. The van der Waals surface area contributed by atoms with Crippen molar-refractivity contribution in [2.75, 3.05) is 0 Å². The van der Waals surface area contributed by atoms with E-state index in [4.69, 9.17) is 0 Å². The maximum atomic E-state index is 12.7. The highest BCUT2D eigenvalue weighted by atomic mass is 16.1. The fourth-order valence-corrected chi connectivity index (χ4v) is 6.75. The average molecular weight is 356 g/mol. The second-order valence-corrected chi connectivity index (χ2v) is 9.65. The summed E-state index contributed by atoms with van der Waals surface area (Å²) < 4.78 is 0. The average Bonchev–Trinajstić information content (AvgIpc) is 2.62.